The Morgan fingerprint density at radius 2 is 1.93 bits per heavy atom. The molecular weight excluding hydrogens is 202 g/mol. The number of rotatable bonds is 5. The van der Waals surface area contributed by atoms with Crippen molar-refractivity contribution in [1.82, 2.24) is 4.90 Å². The lowest BCUT2D eigenvalue weighted by molar-refractivity contribution is -0.129. The lowest BCUT2D eigenvalue weighted by atomic mass is 10.3. The number of nitrogens with zero attached hydrogens (tertiary/aromatic N) is 1. The van der Waals surface area contributed by atoms with Crippen molar-refractivity contribution in [2.24, 2.45) is 0 Å². The smallest absolute Gasteiger partial charge is 0.240 e. The summed E-state index contributed by atoms with van der Waals surface area (Å²) in [5.74, 6) is -0.319. The molecule has 1 atom stereocenters. The molecule has 0 saturated heterocycles. The van der Waals surface area contributed by atoms with Crippen molar-refractivity contribution in [2.75, 3.05) is 19.8 Å². The second-order valence-corrected chi connectivity index (χ2v) is 5.95. The summed E-state index contributed by atoms with van der Waals surface area (Å²) < 4.78 is 22.2. The molecule has 0 aromatic rings. The van der Waals surface area contributed by atoms with Crippen molar-refractivity contribution >= 4 is 15.7 Å². The van der Waals surface area contributed by atoms with Crippen LogP contribution >= 0.6 is 0 Å². The molecule has 0 bridgehead atoms. The largest absolute Gasteiger partial charge is 0.345 e. The van der Waals surface area contributed by atoms with E-state index in [0.29, 0.717) is 6.54 Å². The van der Waals surface area contributed by atoms with Gasteiger partial charge >= 0.3 is 0 Å². The first-order valence-corrected chi connectivity index (χ1v) is 6.70. The van der Waals surface area contributed by atoms with E-state index in [9.17, 15) is 13.2 Å². The minimum atomic E-state index is -3.26. The molecule has 5 heteroatoms. The SMILES string of the molecule is CCCCN(C)C(=O)C(C)S(C)(=O)=O. The maximum absolute atomic E-state index is 11.5. The van der Waals surface area contributed by atoms with Gasteiger partial charge in [-0.3, -0.25) is 4.79 Å². The molecule has 14 heavy (non-hydrogen) atoms. The Bertz CT molecular complexity index is 284. The molecule has 0 heterocycles. The molecule has 0 saturated carbocycles. The molecule has 1 unspecified atom stereocenters. The van der Waals surface area contributed by atoms with Crippen LogP contribution < -0.4 is 0 Å². The van der Waals surface area contributed by atoms with E-state index in [1.165, 1.54) is 11.8 Å². The summed E-state index contributed by atoms with van der Waals surface area (Å²) in [7, 11) is -1.62. The Balaban J connectivity index is 4.33. The van der Waals surface area contributed by atoms with Crippen molar-refractivity contribution in [3.63, 3.8) is 0 Å². The summed E-state index contributed by atoms with van der Waals surface area (Å²) >= 11 is 0. The van der Waals surface area contributed by atoms with Crippen LogP contribution in [0.3, 0.4) is 0 Å². The first kappa shape index (κ1) is 13.4. The van der Waals surface area contributed by atoms with E-state index in [1.807, 2.05) is 6.92 Å². The molecule has 0 spiro atoms. The molecule has 0 aromatic carbocycles. The summed E-state index contributed by atoms with van der Waals surface area (Å²) in [4.78, 5) is 13.0. The van der Waals surface area contributed by atoms with Crippen LogP contribution in [0.2, 0.25) is 0 Å². The molecule has 0 N–H and O–H groups in total. The van der Waals surface area contributed by atoms with Crippen molar-refractivity contribution in [1.29, 1.82) is 0 Å². The first-order valence-electron chi connectivity index (χ1n) is 4.74. The van der Waals surface area contributed by atoms with Crippen LogP contribution in [-0.4, -0.2) is 44.3 Å². The van der Waals surface area contributed by atoms with E-state index in [2.05, 4.69) is 0 Å². The highest BCUT2D eigenvalue weighted by Crippen LogP contribution is 2.03. The first-order chi connectivity index (χ1) is 6.30. The van der Waals surface area contributed by atoms with E-state index >= 15 is 0 Å². The van der Waals surface area contributed by atoms with Crippen LogP contribution in [0.1, 0.15) is 26.7 Å². The normalized spacial score (nSPS) is 13.7. The Labute approximate surface area is 86.2 Å². The second-order valence-electron chi connectivity index (χ2n) is 3.59. The zero-order valence-electron chi connectivity index (χ0n) is 9.28. The average Bonchev–Trinajstić information content (AvgIpc) is 2.10. The minimum absolute atomic E-state index is 0.319. The fraction of sp³-hybridized carbons (Fsp3) is 0.889. The van der Waals surface area contributed by atoms with E-state index in [0.717, 1.165) is 19.1 Å². The van der Waals surface area contributed by atoms with Gasteiger partial charge in [-0.1, -0.05) is 13.3 Å². The van der Waals surface area contributed by atoms with E-state index in [-0.39, 0.29) is 5.91 Å². The third kappa shape index (κ3) is 4.09. The number of hydrogen-bond acceptors (Lipinski definition) is 3. The maximum Gasteiger partial charge on any atom is 0.240 e. The van der Waals surface area contributed by atoms with Crippen LogP contribution in [0.5, 0.6) is 0 Å². The number of hydrogen-bond donors (Lipinski definition) is 0. The van der Waals surface area contributed by atoms with Crippen molar-refractivity contribution in [3.05, 3.63) is 0 Å². The zero-order chi connectivity index (χ0) is 11.4. The van der Waals surface area contributed by atoms with E-state index < -0.39 is 15.1 Å². The van der Waals surface area contributed by atoms with Crippen molar-refractivity contribution < 1.29 is 13.2 Å². The highest BCUT2D eigenvalue weighted by molar-refractivity contribution is 7.92. The predicted octanol–water partition coefficient (Wildman–Crippen LogP) is 0.678. The van der Waals surface area contributed by atoms with Gasteiger partial charge in [-0.2, -0.15) is 0 Å². The molecule has 0 aliphatic carbocycles. The molecule has 0 fully saturated rings. The third-order valence-electron chi connectivity index (χ3n) is 2.21. The monoisotopic (exact) mass is 221 g/mol. The lowest BCUT2D eigenvalue weighted by Crippen LogP contribution is -2.39. The van der Waals surface area contributed by atoms with Crippen LogP contribution in [0.4, 0.5) is 0 Å². The summed E-state index contributed by atoms with van der Waals surface area (Å²) in [5.41, 5.74) is 0. The van der Waals surface area contributed by atoms with Gasteiger partial charge in [0.05, 0.1) is 0 Å². The molecule has 0 rings (SSSR count). The van der Waals surface area contributed by atoms with Gasteiger partial charge in [0.25, 0.3) is 0 Å². The van der Waals surface area contributed by atoms with Crippen molar-refractivity contribution in [3.8, 4) is 0 Å². The number of unbranched alkanes of at least 4 members (excludes halogenated alkanes) is 1. The van der Waals surface area contributed by atoms with Gasteiger partial charge in [0.1, 0.15) is 5.25 Å². The Morgan fingerprint density at radius 3 is 2.29 bits per heavy atom. The number of amides is 1. The van der Waals surface area contributed by atoms with Gasteiger partial charge < -0.3 is 4.90 Å². The molecular formula is C9H19NO3S. The van der Waals surface area contributed by atoms with Gasteiger partial charge in [-0.15, -0.1) is 0 Å². The van der Waals surface area contributed by atoms with Crippen LogP contribution in [0.25, 0.3) is 0 Å². The third-order valence-corrected chi connectivity index (χ3v) is 3.70. The van der Waals surface area contributed by atoms with Gasteiger partial charge in [-0.05, 0) is 13.3 Å². The fourth-order valence-corrected chi connectivity index (χ4v) is 1.55. The molecule has 0 aromatic heterocycles. The lowest BCUT2D eigenvalue weighted by Gasteiger charge is -2.19. The van der Waals surface area contributed by atoms with Gasteiger partial charge in [0.15, 0.2) is 9.84 Å². The second kappa shape index (κ2) is 5.34. The Hall–Kier alpha value is -0.580. The standard InChI is InChI=1S/C9H19NO3S/c1-5-6-7-10(3)9(11)8(2)14(4,12)13/h8H,5-7H2,1-4H3. The molecule has 0 aliphatic heterocycles. The Morgan fingerprint density at radius 1 is 1.43 bits per heavy atom. The molecule has 4 nitrogen and oxygen atoms in total. The fourth-order valence-electron chi connectivity index (χ4n) is 0.999. The molecule has 1 amide bonds. The van der Waals surface area contributed by atoms with E-state index in [1.54, 1.807) is 7.05 Å². The highest BCUT2D eigenvalue weighted by atomic mass is 32.2. The number of carbonyl (C=O) groups is 1. The average molecular weight is 221 g/mol. The van der Waals surface area contributed by atoms with Crippen LogP contribution in [0, 0.1) is 0 Å². The minimum Gasteiger partial charge on any atom is -0.345 e. The molecule has 0 radical (unpaired) electrons. The summed E-state index contributed by atoms with van der Waals surface area (Å²) in [6.07, 6.45) is 2.98. The number of carbonyl (C=O) groups excluding carboxylic acids is 1. The van der Waals surface area contributed by atoms with Gasteiger partial charge in [0, 0.05) is 19.8 Å². The van der Waals surface area contributed by atoms with Crippen LogP contribution in [0.15, 0.2) is 0 Å². The Kier molecular flexibility index (Phi) is 5.12. The summed E-state index contributed by atoms with van der Waals surface area (Å²) in [6.45, 7) is 4.08. The quantitative estimate of drug-likeness (QED) is 0.686. The highest BCUT2D eigenvalue weighted by Gasteiger charge is 2.25. The maximum atomic E-state index is 11.5. The number of sulfone groups is 1. The molecule has 0 aliphatic rings. The van der Waals surface area contributed by atoms with E-state index in [4.69, 9.17) is 0 Å². The zero-order valence-corrected chi connectivity index (χ0v) is 10.1. The summed E-state index contributed by atoms with van der Waals surface area (Å²) in [5, 5.41) is -0.927. The van der Waals surface area contributed by atoms with Crippen molar-refractivity contribution in [2.45, 2.75) is 31.9 Å². The van der Waals surface area contributed by atoms with Gasteiger partial charge in [-0.25, -0.2) is 8.42 Å². The predicted molar refractivity (Wildman–Crippen MR) is 56.9 cm³/mol. The molecule has 84 valence electrons. The van der Waals surface area contributed by atoms with Crippen LogP contribution in [-0.2, 0) is 14.6 Å². The topological polar surface area (TPSA) is 54.5 Å². The summed E-state index contributed by atoms with van der Waals surface area (Å²) in [6, 6.07) is 0. The van der Waals surface area contributed by atoms with Gasteiger partial charge in [0.2, 0.25) is 5.91 Å².